The Kier molecular flexibility index (Phi) is 2.18. The molecule has 1 aliphatic rings. The van der Waals surface area contributed by atoms with Gasteiger partial charge in [0, 0.05) is 0 Å². The molecule has 1 aliphatic heterocycles. The van der Waals surface area contributed by atoms with E-state index in [1.807, 2.05) is 0 Å². The van der Waals surface area contributed by atoms with Crippen molar-refractivity contribution in [2.75, 3.05) is 13.1 Å². The van der Waals surface area contributed by atoms with Crippen molar-refractivity contribution in [2.45, 2.75) is 19.0 Å². The van der Waals surface area contributed by atoms with Gasteiger partial charge in [-0.2, -0.15) is 13.2 Å². The number of halogens is 3. The topological polar surface area (TPSA) is 16.6 Å². The van der Waals surface area contributed by atoms with E-state index in [-0.39, 0.29) is 6.54 Å². The summed E-state index contributed by atoms with van der Waals surface area (Å²) in [6.45, 7) is 1.08. The number of hydrogen-bond donors (Lipinski definition) is 1. The van der Waals surface area contributed by atoms with Crippen molar-refractivity contribution in [1.29, 1.82) is 0 Å². The van der Waals surface area contributed by atoms with Gasteiger partial charge in [-0.3, -0.25) is 0 Å². The Morgan fingerprint density at radius 2 is 2.00 bits per heavy atom. The second-order valence-electron chi connectivity index (χ2n) is 2.69. The Morgan fingerprint density at radius 1 is 1.30 bits per heavy atom. The van der Waals surface area contributed by atoms with Crippen LogP contribution < -0.4 is 5.32 Å². The largest absolute Gasteiger partial charge is 0.397 e. The summed E-state index contributed by atoms with van der Waals surface area (Å²) in [5, 5.41) is 1.74. The zero-order valence-corrected chi connectivity index (χ0v) is 5.62. The molecule has 4 heteroatoms. The van der Waals surface area contributed by atoms with Crippen molar-refractivity contribution in [3.05, 3.63) is 0 Å². The third-order valence-corrected chi connectivity index (χ3v) is 1.87. The van der Waals surface area contributed by atoms with Crippen molar-refractivity contribution in [2.24, 2.45) is 5.92 Å². The molecule has 0 radical (unpaired) electrons. The summed E-state index contributed by atoms with van der Waals surface area (Å²) in [6.07, 6.45) is -2.94. The van der Waals surface area contributed by atoms with Gasteiger partial charge in [0.2, 0.25) is 0 Å². The summed E-state index contributed by atoms with van der Waals surface area (Å²) in [7, 11) is 0. The molecule has 0 amide bonds. The number of quaternary nitrogens is 1. The van der Waals surface area contributed by atoms with Gasteiger partial charge in [0.1, 0.15) is 5.92 Å². The van der Waals surface area contributed by atoms with E-state index in [0.29, 0.717) is 12.8 Å². The second-order valence-corrected chi connectivity index (χ2v) is 2.69. The number of rotatable bonds is 0. The first kappa shape index (κ1) is 7.85. The molecule has 0 aliphatic carbocycles. The lowest BCUT2D eigenvalue weighted by Crippen LogP contribution is -2.88. The van der Waals surface area contributed by atoms with Crippen molar-refractivity contribution in [1.82, 2.24) is 0 Å². The zero-order chi connectivity index (χ0) is 7.61. The number of hydrogen-bond acceptors (Lipinski definition) is 0. The summed E-state index contributed by atoms with van der Waals surface area (Å²) in [6, 6.07) is 0. The van der Waals surface area contributed by atoms with Crippen LogP contribution in [-0.2, 0) is 0 Å². The molecule has 0 aromatic rings. The lowest BCUT2D eigenvalue weighted by molar-refractivity contribution is -0.673. The van der Waals surface area contributed by atoms with E-state index in [0.717, 1.165) is 6.54 Å². The summed E-state index contributed by atoms with van der Waals surface area (Å²) >= 11 is 0. The Labute approximate surface area is 57.6 Å². The number of nitrogens with two attached hydrogens (primary N) is 1. The van der Waals surface area contributed by atoms with Crippen LogP contribution in [0, 0.1) is 5.92 Å². The first-order valence-electron chi connectivity index (χ1n) is 3.49. The molecule has 0 saturated carbocycles. The van der Waals surface area contributed by atoms with Crippen LogP contribution in [0.1, 0.15) is 12.8 Å². The Hall–Kier alpha value is -0.250. The molecule has 1 fully saturated rings. The van der Waals surface area contributed by atoms with Gasteiger partial charge in [0.25, 0.3) is 0 Å². The number of alkyl halides is 3. The van der Waals surface area contributed by atoms with Gasteiger partial charge in [-0.15, -0.1) is 0 Å². The molecule has 1 rings (SSSR count). The SMILES string of the molecule is FC(F)(F)[C@H]1CCC[NH2+]C1. The lowest BCUT2D eigenvalue weighted by atomic mass is 9.99. The highest BCUT2D eigenvalue weighted by Gasteiger charge is 2.41. The maximum atomic E-state index is 11.9. The van der Waals surface area contributed by atoms with Crippen LogP contribution in [0.2, 0.25) is 0 Å². The van der Waals surface area contributed by atoms with Gasteiger partial charge in [-0.25, -0.2) is 0 Å². The highest BCUT2D eigenvalue weighted by Crippen LogP contribution is 2.29. The first-order chi connectivity index (χ1) is 4.61. The molecule has 2 N–H and O–H groups in total. The van der Waals surface area contributed by atoms with E-state index in [1.165, 1.54) is 0 Å². The highest BCUT2D eigenvalue weighted by molar-refractivity contribution is 4.67. The van der Waals surface area contributed by atoms with Gasteiger partial charge in [-0.1, -0.05) is 0 Å². The van der Waals surface area contributed by atoms with Gasteiger partial charge >= 0.3 is 6.18 Å². The van der Waals surface area contributed by atoms with Crippen molar-refractivity contribution in [3.8, 4) is 0 Å². The minimum atomic E-state index is -3.96. The summed E-state index contributed by atoms with van der Waals surface area (Å²) in [5.74, 6) is -1.05. The molecule has 0 aromatic carbocycles. The fourth-order valence-electron chi connectivity index (χ4n) is 1.24. The highest BCUT2D eigenvalue weighted by atomic mass is 19.4. The summed E-state index contributed by atoms with van der Waals surface area (Å²) in [4.78, 5) is 0. The minimum Gasteiger partial charge on any atom is -0.346 e. The first-order valence-corrected chi connectivity index (χ1v) is 3.49. The minimum absolute atomic E-state index is 0.226. The normalized spacial score (nSPS) is 28.5. The van der Waals surface area contributed by atoms with E-state index in [2.05, 4.69) is 0 Å². The van der Waals surface area contributed by atoms with E-state index >= 15 is 0 Å². The molecule has 0 aromatic heterocycles. The van der Waals surface area contributed by atoms with Crippen LogP contribution in [0.5, 0.6) is 0 Å². The van der Waals surface area contributed by atoms with Crippen molar-refractivity contribution in [3.63, 3.8) is 0 Å². The molecule has 1 nitrogen and oxygen atoms in total. The predicted molar refractivity (Wildman–Crippen MR) is 30.4 cm³/mol. The average Bonchev–Trinajstić information content (AvgIpc) is 1.88. The van der Waals surface area contributed by atoms with Crippen LogP contribution in [0.4, 0.5) is 13.2 Å². The monoisotopic (exact) mass is 154 g/mol. The third kappa shape index (κ3) is 1.87. The fourth-order valence-corrected chi connectivity index (χ4v) is 1.24. The zero-order valence-electron chi connectivity index (χ0n) is 5.62. The Bertz CT molecular complexity index is 104. The van der Waals surface area contributed by atoms with Gasteiger partial charge in [0.05, 0.1) is 13.1 Å². The summed E-state index contributed by atoms with van der Waals surface area (Å²) < 4.78 is 35.8. The molecule has 1 atom stereocenters. The quantitative estimate of drug-likeness (QED) is 0.524. The summed E-state index contributed by atoms with van der Waals surface area (Å²) in [5.41, 5.74) is 0. The van der Waals surface area contributed by atoms with Crippen molar-refractivity contribution >= 4 is 0 Å². The van der Waals surface area contributed by atoms with E-state index in [9.17, 15) is 13.2 Å². The predicted octanol–water partition coefficient (Wildman–Crippen LogP) is 0.522. The molecule has 0 unspecified atom stereocenters. The maximum absolute atomic E-state index is 11.9. The molecule has 60 valence electrons. The molecule has 0 spiro atoms. The average molecular weight is 154 g/mol. The van der Waals surface area contributed by atoms with Crippen LogP contribution in [-0.4, -0.2) is 19.3 Å². The standard InChI is InChI=1S/C6H10F3N/c7-6(8,9)5-2-1-3-10-4-5/h5,10H,1-4H2/p+1/t5-/m0/s1. The van der Waals surface area contributed by atoms with Gasteiger partial charge < -0.3 is 5.32 Å². The smallest absolute Gasteiger partial charge is 0.346 e. The van der Waals surface area contributed by atoms with E-state index in [1.54, 1.807) is 5.32 Å². The molecular formula is C6H11F3N+. The maximum Gasteiger partial charge on any atom is 0.397 e. The van der Waals surface area contributed by atoms with E-state index < -0.39 is 12.1 Å². The molecule has 1 heterocycles. The van der Waals surface area contributed by atoms with Crippen LogP contribution >= 0.6 is 0 Å². The molecule has 10 heavy (non-hydrogen) atoms. The van der Waals surface area contributed by atoms with Gasteiger partial charge in [-0.05, 0) is 12.8 Å². The van der Waals surface area contributed by atoms with Crippen LogP contribution in [0.3, 0.4) is 0 Å². The Morgan fingerprint density at radius 3 is 2.30 bits per heavy atom. The molecule has 1 saturated heterocycles. The second kappa shape index (κ2) is 2.78. The van der Waals surface area contributed by atoms with Crippen molar-refractivity contribution < 1.29 is 18.5 Å². The van der Waals surface area contributed by atoms with Gasteiger partial charge in [0.15, 0.2) is 0 Å². The Balaban J connectivity index is 2.39. The number of piperidine rings is 1. The third-order valence-electron chi connectivity index (χ3n) is 1.87. The van der Waals surface area contributed by atoms with Crippen LogP contribution in [0.25, 0.3) is 0 Å². The van der Waals surface area contributed by atoms with E-state index in [4.69, 9.17) is 0 Å². The van der Waals surface area contributed by atoms with Crippen LogP contribution in [0.15, 0.2) is 0 Å². The molecule has 0 bridgehead atoms. The lowest BCUT2D eigenvalue weighted by Gasteiger charge is -2.22. The fraction of sp³-hybridized carbons (Fsp3) is 1.00. The molecular weight excluding hydrogens is 143 g/mol.